The zero-order valence-corrected chi connectivity index (χ0v) is 10.0. The molecule has 1 aliphatic heterocycles. The van der Waals surface area contributed by atoms with Crippen LogP contribution < -0.4 is 0 Å². The fourth-order valence-electron chi connectivity index (χ4n) is 2.16. The van der Waals surface area contributed by atoms with Crippen molar-refractivity contribution < 1.29 is 9.18 Å². The summed E-state index contributed by atoms with van der Waals surface area (Å²) in [7, 11) is 0. The maximum absolute atomic E-state index is 12.6. The molecule has 17 heavy (non-hydrogen) atoms. The van der Waals surface area contributed by atoms with Gasteiger partial charge in [0.1, 0.15) is 11.5 Å². The topological polar surface area (TPSA) is 33.2 Å². The molecule has 1 unspecified atom stereocenters. The second-order valence-electron chi connectivity index (χ2n) is 4.73. The first-order valence-electron chi connectivity index (χ1n) is 6.02. The summed E-state index contributed by atoms with van der Waals surface area (Å²) >= 11 is 0. The molecule has 0 radical (unpaired) electrons. The monoisotopic (exact) mass is 236 g/mol. The van der Waals surface area contributed by atoms with E-state index in [1.165, 1.54) is 18.6 Å². The molecule has 0 spiro atoms. The van der Waals surface area contributed by atoms with Crippen molar-refractivity contribution in [1.82, 2.24) is 9.88 Å². The summed E-state index contributed by atoms with van der Waals surface area (Å²) < 4.78 is 12.6. The van der Waals surface area contributed by atoms with Crippen LogP contribution in [0.15, 0.2) is 18.3 Å². The van der Waals surface area contributed by atoms with E-state index in [1.54, 1.807) is 0 Å². The summed E-state index contributed by atoms with van der Waals surface area (Å²) in [6.07, 6.45) is 2.76. The van der Waals surface area contributed by atoms with E-state index in [9.17, 15) is 9.18 Å². The number of likely N-dealkylation sites (tertiary alicyclic amines) is 1. The third-order valence-electron chi connectivity index (χ3n) is 3.18. The van der Waals surface area contributed by atoms with E-state index in [-0.39, 0.29) is 5.78 Å². The summed E-state index contributed by atoms with van der Waals surface area (Å²) in [6.45, 7) is 5.15. The van der Waals surface area contributed by atoms with Crippen molar-refractivity contribution in [2.75, 3.05) is 19.6 Å². The second-order valence-corrected chi connectivity index (χ2v) is 4.73. The highest BCUT2D eigenvalue weighted by atomic mass is 19.1. The molecule has 1 aliphatic rings. The van der Waals surface area contributed by atoms with E-state index in [0.29, 0.717) is 12.1 Å². The standard InChI is InChI=1S/C13H17FN2O/c1-10-4-6-16(9-10)7-5-13(17)12-3-2-11(14)8-15-12/h2-3,8,10H,4-7,9H2,1H3. The predicted molar refractivity (Wildman–Crippen MR) is 63.4 cm³/mol. The Morgan fingerprint density at radius 3 is 3.00 bits per heavy atom. The van der Waals surface area contributed by atoms with Crippen LogP contribution in [0.4, 0.5) is 4.39 Å². The normalized spacial score (nSPS) is 20.7. The third-order valence-corrected chi connectivity index (χ3v) is 3.18. The molecular formula is C13H17FN2O. The lowest BCUT2D eigenvalue weighted by Crippen LogP contribution is -2.23. The molecule has 0 aliphatic carbocycles. The predicted octanol–water partition coefficient (Wildman–Crippen LogP) is 2.14. The summed E-state index contributed by atoms with van der Waals surface area (Å²) in [5.74, 6) is 0.313. The zero-order chi connectivity index (χ0) is 12.3. The molecule has 0 bridgehead atoms. The molecule has 0 N–H and O–H groups in total. The molecule has 4 heteroatoms. The number of hydrogen-bond donors (Lipinski definition) is 0. The minimum atomic E-state index is -0.407. The van der Waals surface area contributed by atoms with E-state index in [1.807, 2.05) is 0 Å². The van der Waals surface area contributed by atoms with Gasteiger partial charge in [-0.25, -0.2) is 4.39 Å². The number of carbonyl (C=O) groups excluding carboxylic acids is 1. The molecule has 0 saturated carbocycles. The average molecular weight is 236 g/mol. The molecule has 2 rings (SSSR count). The van der Waals surface area contributed by atoms with E-state index in [4.69, 9.17) is 0 Å². The Morgan fingerprint density at radius 2 is 2.41 bits per heavy atom. The van der Waals surface area contributed by atoms with Gasteiger partial charge in [-0.3, -0.25) is 9.78 Å². The summed E-state index contributed by atoms with van der Waals surface area (Å²) in [4.78, 5) is 17.9. The van der Waals surface area contributed by atoms with Crippen molar-refractivity contribution in [2.24, 2.45) is 5.92 Å². The van der Waals surface area contributed by atoms with Crippen LogP contribution in [-0.4, -0.2) is 35.3 Å². The summed E-state index contributed by atoms with van der Waals surface area (Å²) in [6, 6.07) is 2.72. The van der Waals surface area contributed by atoms with Gasteiger partial charge >= 0.3 is 0 Å². The molecule has 0 aromatic carbocycles. The van der Waals surface area contributed by atoms with Gasteiger partial charge < -0.3 is 4.90 Å². The van der Waals surface area contributed by atoms with Gasteiger partial charge in [0.2, 0.25) is 0 Å². The Balaban J connectivity index is 1.83. The van der Waals surface area contributed by atoms with Crippen LogP contribution in [0.1, 0.15) is 30.3 Å². The molecule has 1 aromatic rings. The van der Waals surface area contributed by atoms with Crippen LogP contribution in [0, 0.1) is 11.7 Å². The number of Topliss-reactive ketones (excluding diaryl/α,β-unsaturated/α-hetero) is 1. The number of pyridine rings is 1. The highest BCUT2D eigenvalue weighted by Gasteiger charge is 2.19. The Kier molecular flexibility index (Phi) is 3.84. The number of hydrogen-bond acceptors (Lipinski definition) is 3. The Morgan fingerprint density at radius 1 is 1.59 bits per heavy atom. The molecule has 1 saturated heterocycles. The van der Waals surface area contributed by atoms with Crippen LogP contribution in [0.3, 0.4) is 0 Å². The first-order valence-corrected chi connectivity index (χ1v) is 6.02. The summed E-state index contributed by atoms with van der Waals surface area (Å²) in [5, 5.41) is 0. The van der Waals surface area contributed by atoms with E-state index < -0.39 is 5.82 Å². The number of halogens is 1. The molecular weight excluding hydrogens is 219 g/mol. The van der Waals surface area contributed by atoms with Crippen molar-refractivity contribution in [1.29, 1.82) is 0 Å². The SMILES string of the molecule is CC1CCN(CCC(=O)c2ccc(F)cn2)C1. The van der Waals surface area contributed by atoms with Gasteiger partial charge in [0.05, 0.1) is 6.20 Å². The van der Waals surface area contributed by atoms with E-state index in [0.717, 1.165) is 31.7 Å². The summed E-state index contributed by atoms with van der Waals surface area (Å²) in [5.41, 5.74) is 0.360. The molecule has 3 nitrogen and oxygen atoms in total. The molecule has 2 heterocycles. The Bertz CT molecular complexity index is 391. The number of rotatable bonds is 4. The highest BCUT2D eigenvalue weighted by molar-refractivity contribution is 5.94. The van der Waals surface area contributed by atoms with Gasteiger partial charge in [-0.1, -0.05) is 6.92 Å². The molecule has 1 fully saturated rings. The lowest BCUT2D eigenvalue weighted by molar-refractivity contribution is 0.0963. The maximum atomic E-state index is 12.6. The van der Waals surface area contributed by atoms with Gasteiger partial charge in [0.25, 0.3) is 0 Å². The average Bonchev–Trinajstić information content (AvgIpc) is 2.73. The van der Waals surface area contributed by atoms with Gasteiger partial charge in [0.15, 0.2) is 5.78 Å². The van der Waals surface area contributed by atoms with Crippen molar-refractivity contribution in [3.05, 3.63) is 29.8 Å². The van der Waals surface area contributed by atoms with Crippen molar-refractivity contribution in [2.45, 2.75) is 19.8 Å². The van der Waals surface area contributed by atoms with Gasteiger partial charge in [-0.15, -0.1) is 0 Å². The Hall–Kier alpha value is -1.29. The lowest BCUT2D eigenvalue weighted by atomic mass is 10.2. The molecule has 1 aromatic heterocycles. The molecule has 92 valence electrons. The smallest absolute Gasteiger partial charge is 0.182 e. The third kappa shape index (κ3) is 3.33. The number of nitrogens with zero attached hydrogens (tertiary/aromatic N) is 2. The fraction of sp³-hybridized carbons (Fsp3) is 0.538. The van der Waals surface area contributed by atoms with Crippen LogP contribution in [0.25, 0.3) is 0 Å². The van der Waals surface area contributed by atoms with Crippen LogP contribution in [-0.2, 0) is 0 Å². The number of aromatic nitrogens is 1. The minimum Gasteiger partial charge on any atom is -0.303 e. The van der Waals surface area contributed by atoms with Crippen LogP contribution >= 0.6 is 0 Å². The second kappa shape index (κ2) is 5.36. The van der Waals surface area contributed by atoms with Crippen molar-refractivity contribution in [3.63, 3.8) is 0 Å². The fourth-order valence-corrected chi connectivity index (χ4v) is 2.16. The van der Waals surface area contributed by atoms with Gasteiger partial charge in [-0.05, 0) is 31.0 Å². The van der Waals surface area contributed by atoms with Gasteiger partial charge in [-0.2, -0.15) is 0 Å². The quantitative estimate of drug-likeness (QED) is 0.751. The zero-order valence-electron chi connectivity index (χ0n) is 10.0. The van der Waals surface area contributed by atoms with Gasteiger partial charge in [0, 0.05) is 19.5 Å². The first kappa shape index (κ1) is 12.2. The number of carbonyl (C=O) groups is 1. The highest BCUT2D eigenvalue weighted by Crippen LogP contribution is 2.15. The largest absolute Gasteiger partial charge is 0.303 e. The molecule has 1 atom stereocenters. The maximum Gasteiger partial charge on any atom is 0.182 e. The van der Waals surface area contributed by atoms with E-state index in [2.05, 4.69) is 16.8 Å². The Labute approximate surface area is 101 Å². The van der Waals surface area contributed by atoms with Crippen LogP contribution in [0.5, 0.6) is 0 Å². The van der Waals surface area contributed by atoms with Crippen LogP contribution in [0.2, 0.25) is 0 Å². The number of ketones is 1. The first-order chi connectivity index (χ1) is 8.15. The molecule has 0 amide bonds. The van der Waals surface area contributed by atoms with Crippen molar-refractivity contribution in [3.8, 4) is 0 Å². The lowest BCUT2D eigenvalue weighted by Gasteiger charge is -2.13. The van der Waals surface area contributed by atoms with Crippen molar-refractivity contribution >= 4 is 5.78 Å². The minimum absolute atomic E-state index is 0.00967. The van der Waals surface area contributed by atoms with E-state index >= 15 is 0 Å².